The van der Waals surface area contributed by atoms with Gasteiger partial charge in [0.2, 0.25) is 0 Å². The van der Waals surface area contributed by atoms with E-state index >= 15 is 0 Å². The van der Waals surface area contributed by atoms with Crippen molar-refractivity contribution in [1.29, 1.82) is 0 Å². The van der Waals surface area contributed by atoms with Gasteiger partial charge in [0.15, 0.2) is 17.5 Å². The summed E-state index contributed by atoms with van der Waals surface area (Å²) in [6.07, 6.45) is 2.52. The van der Waals surface area contributed by atoms with Gasteiger partial charge in [-0.15, -0.1) is 0 Å². The Balaban J connectivity index is 1.49. The van der Waals surface area contributed by atoms with Gasteiger partial charge in [0.25, 0.3) is 0 Å². The number of piperidine rings is 1. The number of rotatable bonds is 5. The van der Waals surface area contributed by atoms with E-state index < -0.39 is 0 Å². The van der Waals surface area contributed by atoms with Crippen molar-refractivity contribution in [3.05, 3.63) is 24.3 Å². The molecule has 138 valence electrons. The predicted molar refractivity (Wildman–Crippen MR) is 101 cm³/mol. The zero-order valence-corrected chi connectivity index (χ0v) is 15.3. The summed E-state index contributed by atoms with van der Waals surface area (Å²) < 4.78 is 11.8. The fourth-order valence-electron chi connectivity index (χ4n) is 3.36. The van der Waals surface area contributed by atoms with E-state index in [-0.39, 0.29) is 6.10 Å². The van der Waals surface area contributed by atoms with Crippen LogP contribution in [-0.2, 0) is 0 Å². The lowest BCUT2D eigenvalue weighted by atomic mass is 9.99. The van der Waals surface area contributed by atoms with Crippen molar-refractivity contribution < 1.29 is 9.47 Å². The molecule has 0 bridgehead atoms. The van der Waals surface area contributed by atoms with E-state index in [1.165, 1.54) is 19.4 Å². The van der Waals surface area contributed by atoms with Gasteiger partial charge in [-0.1, -0.05) is 12.1 Å². The number of likely N-dealkylation sites (tertiary alicyclic amines) is 1. The summed E-state index contributed by atoms with van der Waals surface area (Å²) in [4.78, 5) is 7.17. The molecular weight excluding hydrogens is 316 g/mol. The largest absolute Gasteiger partial charge is 0.486 e. The Bertz CT molecular complexity index is 578. The van der Waals surface area contributed by atoms with Crippen LogP contribution in [0, 0.1) is 5.92 Å². The van der Waals surface area contributed by atoms with Crippen LogP contribution in [0.15, 0.2) is 29.3 Å². The van der Waals surface area contributed by atoms with Crippen LogP contribution in [0.4, 0.5) is 0 Å². The van der Waals surface area contributed by atoms with Crippen LogP contribution >= 0.6 is 0 Å². The first-order valence-electron chi connectivity index (χ1n) is 9.33. The number of hydrogen-bond acceptors (Lipinski definition) is 4. The van der Waals surface area contributed by atoms with Crippen molar-refractivity contribution in [1.82, 2.24) is 15.5 Å². The second kappa shape index (κ2) is 8.94. The second-order valence-corrected chi connectivity index (χ2v) is 6.87. The minimum atomic E-state index is -0.0143. The van der Waals surface area contributed by atoms with E-state index in [2.05, 4.69) is 29.5 Å². The quantitative estimate of drug-likeness (QED) is 0.628. The van der Waals surface area contributed by atoms with Gasteiger partial charge in [0.05, 0.1) is 6.54 Å². The highest BCUT2D eigenvalue weighted by Gasteiger charge is 2.21. The summed E-state index contributed by atoms with van der Waals surface area (Å²) in [7, 11) is 2.19. The molecule has 2 heterocycles. The van der Waals surface area contributed by atoms with Crippen LogP contribution in [0.25, 0.3) is 0 Å². The molecule has 6 heteroatoms. The topological polar surface area (TPSA) is 58.1 Å². The van der Waals surface area contributed by atoms with Crippen LogP contribution in [0.1, 0.15) is 19.8 Å². The highest BCUT2D eigenvalue weighted by molar-refractivity contribution is 5.79. The van der Waals surface area contributed by atoms with Crippen molar-refractivity contribution in [2.75, 3.05) is 46.4 Å². The van der Waals surface area contributed by atoms with E-state index in [9.17, 15) is 0 Å². The third kappa shape index (κ3) is 5.26. The molecule has 1 fully saturated rings. The molecule has 1 aromatic rings. The first kappa shape index (κ1) is 17.9. The maximum absolute atomic E-state index is 5.99. The van der Waals surface area contributed by atoms with E-state index in [0.717, 1.165) is 37.1 Å². The van der Waals surface area contributed by atoms with Gasteiger partial charge in [0.1, 0.15) is 12.7 Å². The molecule has 1 saturated heterocycles. The molecule has 1 aromatic carbocycles. The minimum Gasteiger partial charge on any atom is -0.486 e. The van der Waals surface area contributed by atoms with Crippen LogP contribution in [0.5, 0.6) is 11.5 Å². The van der Waals surface area contributed by atoms with Crippen molar-refractivity contribution in [3.63, 3.8) is 0 Å². The third-order valence-corrected chi connectivity index (χ3v) is 4.64. The molecule has 0 spiro atoms. The number of ether oxygens (including phenoxy) is 2. The molecule has 0 amide bonds. The molecule has 3 rings (SSSR count). The van der Waals surface area contributed by atoms with Gasteiger partial charge in [-0.3, -0.25) is 4.99 Å². The Morgan fingerprint density at radius 1 is 1.28 bits per heavy atom. The molecule has 0 radical (unpaired) electrons. The van der Waals surface area contributed by atoms with E-state index in [1.807, 2.05) is 24.3 Å². The van der Waals surface area contributed by atoms with Gasteiger partial charge in [-0.05, 0) is 51.4 Å². The molecule has 0 aliphatic carbocycles. The number of nitrogens with zero attached hydrogens (tertiary/aromatic N) is 2. The standard InChI is InChI=1S/C19H30N4O2/c1-3-20-19(21-11-15-7-6-10-23(2)13-15)22-12-16-14-24-17-8-4-5-9-18(17)25-16/h4-5,8-9,15-16H,3,6-7,10-14H2,1-2H3,(H2,20,21,22). The molecule has 25 heavy (non-hydrogen) atoms. The molecule has 2 aliphatic rings. The number of aliphatic imine (C=N–C) groups is 1. The Morgan fingerprint density at radius 3 is 2.92 bits per heavy atom. The summed E-state index contributed by atoms with van der Waals surface area (Å²) in [6.45, 7) is 7.37. The van der Waals surface area contributed by atoms with Crippen molar-refractivity contribution in [2.24, 2.45) is 10.9 Å². The number of fused-ring (bicyclic) bond motifs is 1. The minimum absolute atomic E-state index is 0.0143. The maximum atomic E-state index is 5.99. The Morgan fingerprint density at radius 2 is 2.12 bits per heavy atom. The monoisotopic (exact) mass is 346 g/mol. The molecular formula is C19H30N4O2. The lowest BCUT2D eigenvalue weighted by Crippen LogP contribution is -2.45. The highest BCUT2D eigenvalue weighted by Crippen LogP contribution is 2.30. The third-order valence-electron chi connectivity index (χ3n) is 4.64. The van der Waals surface area contributed by atoms with Crippen LogP contribution in [0.2, 0.25) is 0 Å². The number of nitrogens with one attached hydrogen (secondary N) is 2. The highest BCUT2D eigenvalue weighted by atomic mass is 16.6. The van der Waals surface area contributed by atoms with E-state index in [0.29, 0.717) is 19.1 Å². The van der Waals surface area contributed by atoms with Crippen LogP contribution in [0.3, 0.4) is 0 Å². The average Bonchev–Trinajstić information content (AvgIpc) is 2.64. The first-order chi connectivity index (χ1) is 12.2. The summed E-state index contributed by atoms with van der Waals surface area (Å²) in [5.74, 6) is 3.14. The van der Waals surface area contributed by atoms with Gasteiger partial charge in [-0.2, -0.15) is 0 Å². The summed E-state index contributed by atoms with van der Waals surface area (Å²) in [5, 5.41) is 6.71. The summed E-state index contributed by atoms with van der Waals surface area (Å²) >= 11 is 0. The smallest absolute Gasteiger partial charge is 0.191 e. The van der Waals surface area contributed by atoms with Crippen molar-refractivity contribution in [2.45, 2.75) is 25.9 Å². The maximum Gasteiger partial charge on any atom is 0.191 e. The molecule has 2 N–H and O–H groups in total. The number of para-hydroxylation sites is 2. The molecule has 0 aromatic heterocycles. The zero-order chi connectivity index (χ0) is 17.5. The molecule has 0 saturated carbocycles. The molecule has 2 unspecified atom stereocenters. The SMILES string of the molecule is CCNC(=NCC1CCCN(C)C1)NCC1COc2ccccc2O1. The fraction of sp³-hybridized carbons (Fsp3) is 0.632. The molecule has 2 aliphatic heterocycles. The van der Waals surface area contributed by atoms with Crippen molar-refractivity contribution >= 4 is 5.96 Å². The zero-order valence-electron chi connectivity index (χ0n) is 15.3. The lowest BCUT2D eigenvalue weighted by Gasteiger charge is -2.29. The summed E-state index contributed by atoms with van der Waals surface area (Å²) in [5.41, 5.74) is 0. The molecule has 6 nitrogen and oxygen atoms in total. The molecule has 2 atom stereocenters. The van der Waals surface area contributed by atoms with Gasteiger partial charge in [0, 0.05) is 19.6 Å². The predicted octanol–water partition coefficient (Wildman–Crippen LogP) is 1.72. The summed E-state index contributed by atoms with van der Waals surface area (Å²) in [6, 6.07) is 7.80. The Kier molecular flexibility index (Phi) is 6.39. The number of guanidine groups is 1. The van der Waals surface area contributed by atoms with E-state index in [1.54, 1.807) is 0 Å². The normalized spacial score (nSPS) is 24.0. The van der Waals surface area contributed by atoms with Gasteiger partial charge >= 0.3 is 0 Å². The second-order valence-electron chi connectivity index (χ2n) is 6.87. The fourth-order valence-corrected chi connectivity index (χ4v) is 3.36. The number of hydrogen-bond donors (Lipinski definition) is 2. The van der Waals surface area contributed by atoms with Crippen LogP contribution < -0.4 is 20.1 Å². The van der Waals surface area contributed by atoms with Gasteiger partial charge < -0.3 is 25.0 Å². The van der Waals surface area contributed by atoms with E-state index in [4.69, 9.17) is 14.5 Å². The number of benzene rings is 1. The Labute approximate surface area is 150 Å². The average molecular weight is 346 g/mol. The van der Waals surface area contributed by atoms with Gasteiger partial charge in [-0.25, -0.2) is 0 Å². The van der Waals surface area contributed by atoms with Crippen molar-refractivity contribution in [3.8, 4) is 11.5 Å². The van der Waals surface area contributed by atoms with Crippen LogP contribution in [-0.4, -0.2) is 63.3 Å². The lowest BCUT2D eigenvalue weighted by molar-refractivity contribution is 0.0936. The Hall–Kier alpha value is -1.95. The first-order valence-corrected chi connectivity index (χ1v) is 9.33.